The Hall–Kier alpha value is -1.04. The molecule has 0 saturated heterocycles. The fourth-order valence-corrected chi connectivity index (χ4v) is 1.27. The number of rotatable bonds is 4. The predicted octanol–water partition coefficient (Wildman–Crippen LogP) is 1.94. The van der Waals surface area contributed by atoms with E-state index in [4.69, 9.17) is 0 Å². The zero-order chi connectivity index (χ0) is 11.5. The molecular weight excluding hydrogens is 207 g/mol. The molecule has 0 aliphatic rings. The molecule has 86 valence electrons. The Balaban J connectivity index is 2.69. The molecule has 0 fully saturated rings. The van der Waals surface area contributed by atoms with E-state index >= 15 is 0 Å². The molecule has 0 spiro atoms. The standard InChI is InChI=1S/C9H14F3N3/c1-3-4-13-6-7-5-8(9(10,11)12)15(2)14-7/h5,13H,3-4,6H2,1-2H3. The van der Waals surface area contributed by atoms with Crippen molar-refractivity contribution >= 4 is 0 Å². The number of nitrogens with zero attached hydrogens (tertiary/aromatic N) is 2. The van der Waals surface area contributed by atoms with Crippen molar-refractivity contribution in [2.45, 2.75) is 26.1 Å². The summed E-state index contributed by atoms with van der Waals surface area (Å²) in [7, 11) is 1.30. The highest BCUT2D eigenvalue weighted by molar-refractivity contribution is 5.13. The van der Waals surface area contributed by atoms with Crippen LogP contribution < -0.4 is 5.32 Å². The minimum absolute atomic E-state index is 0.373. The molecule has 1 aromatic heterocycles. The summed E-state index contributed by atoms with van der Waals surface area (Å²) in [5.74, 6) is 0. The Bertz CT molecular complexity index is 317. The maximum absolute atomic E-state index is 12.4. The topological polar surface area (TPSA) is 29.9 Å². The van der Waals surface area contributed by atoms with E-state index in [1.165, 1.54) is 7.05 Å². The molecule has 1 rings (SSSR count). The van der Waals surface area contributed by atoms with Gasteiger partial charge in [-0.25, -0.2) is 0 Å². The van der Waals surface area contributed by atoms with Crippen LogP contribution in [0.5, 0.6) is 0 Å². The molecule has 0 bridgehead atoms. The summed E-state index contributed by atoms with van der Waals surface area (Å²) < 4.78 is 38.0. The summed E-state index contributed by atoms with van der Waals surface area (Å²) in [6, 6.07) is 1.07. The van der Waals surface area contributed by atoms with Crippen LogP contribution in [0.1, 0.15) is 24.7 Å². The number of aryl methyl sites for hydroxylation is 1. The second kappa shape index (κ2) is 4.65. The van der Waals surface area contributed by atoms with Crippen molar-refractivity contribution in [2.75, 3.05) is 6.54 Å². The highest BCUT2D eigenvalue weighted by Crippen LogP contribution is 2.29. The zero-order valence-corrected chi connectivity index (χ0v) is 8.73. The van der Waals surface area contributed by atoms with E-state index in [1.807, 2.05) is 6.92 Å². The maximum atomic E-state index is 12.4. The molecule has 1 aromatic rings. The Morgan fingerprint density at radius 1 is 1.47 bits per heavy atom. The lowest BCUT2D eigenvalue weighted by Crippen LogP contribution is -2.14. The molecule has 15 heavy (non-hydrogen) atoms. The van der Waals surface area contributed by atoms with Gasteiger partial charge in [0.25, 0.3) is 0 Å². The van der Waals surface area contributed by atoms with Gasteiger partial charge in [-0.1, -0.05) is 6.92 Å². The van der Waals surface area contributed by atoms with Gasteiger partial charge in [0.05, 0.1) is 5.69 Å². The molecule has 0 aromatic carbocycles. The van der Waals surface area contributed by atoms with Crippen LogP contribution in [0.25, 0.3) is 0 Å². The second-order valence-electron chi connectivity index (χ2n) is 3.32. The van der Waals surface area contributed by atoms with Gasteiger partial charge in [0, 0.05) is 13.6 Å². The largest absolute Gasteiger partial charge is 0.433 e. The SMILES string of the molecule is CCCNCc1cc(C(F)(F)F)n(C)n1. The molecule has 0 atom stereocenters. The van der Waals surface area contributed by atoms with Crippen LogP contribution in [0, 0.1) is 0 Å². The van der Waals surface area contributed by atoms with Gasteiger partial charge in [0.2, 0.25) is 0 Å². The quantitative estimate of drug-likeness (QED) is 0.787. The van der Waals surface area contributed by atoms with Crippen LogP contribution >= 0.6 is 0 Å². The Labute approximate surface area is 86.3 Å². The van der Waals surface area contributed by atoms with Crippen molar-refractivity contribution in [2.24, 2.45) is 7.05 Å². The van der Waals surface area contributed by atoms with Crippen molar-refractivity contribution in [3.63, 3.8) is 0 Å². The van der Waals surface area contributed by atoms with Gasteiger partial charge in [0.15, 0.2) is 0 Å². The number of nitrogens with one attached hydrogen (secondary N) is 1. The fraction of sp³-hybridized carbons (Fsp3) is 0.667. The Morgan fingerprint density at radius 2 is 2.13 bits per heavy atom. The molecule has 1 N–H and O–H groups in total. The van der Waals surface area contributed by atoms with Crippen molar-refractivity contribution in [3.8, 4) is 0 Å². The lowest BCUT2D eigenvalue weighted by Gasteiger charge is -2.04. The smallest absolute Gasteiger partial charge is 0.311 e. The zero-order valence-electron chi connectivity index (χ0n) is 8.73. The van der Waals surface area contributed by atoms with Crippen molar-refractivity contribution in [3.05, 3.63) is 17.5 Å². The van der Waals surface area contributed by atoms with E-state index in [0.29, 0.717) is 12.2 Å². The first kappa shape index (κ1) is 12.0. The van der Waals surface area contributed by atoms with E-state index in [-0.39, 0.29) is 0 Å². The minimum atomic E-state index is -4.33. The second-order valence-corrected chi connectivity index (χ2v) is 3.32. The number of alkyl halides is 3. The number of hydrogen-bond donors (Lipinski definition) is 1. The van der Waals surface area contributed by atoms with Crippen molar-refractivity contribution < 1.29 is 13.2 Å². The molecule has 0 aliphatic heterocycles. The molecule has 0 amide bonds. The summed E-state index contributed by atoms with van der Waals surface area (Å²) >= 11 is 0. The van der Waals surface area contributed by atoms with Gasteiger partial charge in [-0.3, -0.25) is 4.68 Å². The van der Waals surface area contributed by atoms with Crippen LogP contribution in [0.15, 0.2) is 6.07 Å². The highest BCUT2D eigenvalue weighted by atomic mass is 19.4. The first-order valence-corrected chi connectivity index (χ1v) is 4.76. The van der Waals surface area contributed by atoms with Crippen LogP contribution in [-0.4, -0.2) is 16.3 Å². The van der Waals surface area contributed by atoms with E-state index in [9.17, 15) is 13.2 Å². The molecule has 6 heteroatoms. The monoisotopic (exact) mass is 221 g/mol. The third-order valence-corrected chi connectivity index (χ3v) is 1.95. The average molecular weight is 221 g/mol. The van der Waals surface area contributed by atoms with E-state index < -0.39 is 11.9 Å². The molecule has 1 heterocycles. The molecular formula is C9H14F3N3. The highest BCUT2D eigenvalue weighted by Gasteiger charge is 2.34. The third kappa shape index (κ3) is 3.23. The Kier molecular flexibility index (Phi) is 3.73. The first-order chi connectivity index (χ1) is 6.95. The molecule has 0 saturated carbocycles. The van der Waals surface area contributed by atoms with Crippen LogP contribution in [-0.2, 0) is 19.8 Å². The number of hydrogen-bond acceptors (Lipinski definition) is 2. The van der Waals surface area contributed by atoms with Crippen LogP contribution in [0.2, 0.25) is 0 Å². The molecule has 3 nitrogen and oxygen atoms in total. The van der Waals surface area contributed by atoms with Gasteiger partial charge in [-0.15, -0.1) is 0 Å². The van der Waals surface area contributed by atoms with Crippen LogP contribution in [0.3, 0.4) is 0 Å². The lowest BCUT2D eigenvalue weighted by atomic mass is 10.3. The average Bonchev–Trinajstić information content (AvgIpc) is 2.47. The summed E-state index contributed by atoms with van der Waals surface area (Å²) in [6.07, 6.45) is -3.39. The Morgan fingerprint density at radius 3 is 2.60 bits per heavy atom. The molecule has 0 aliphatic carbocycles. The first-order valence-electron chi connectivity index (χ1n) is 4.76. The minimum Gasteiger partial charge on any atom is -0.311 e. The van der Waals surface area contributed by atoms with Gasteiger partial charge in [-0.2, -0.15) is 18.3 Å². The molecule has 0 unspecified atom stereocenters. The van der Waals surface area contributed by atoms with E-state index in [2.05, 4.69) is 10.4 Å². The van der Waals surface area contributed by atoms with Crippen LogP contribution in [0.4, 0.5) is 13.2 Å². The van der Waals surface area contributed by atoms with Gasteiger partial charge in [-0.05, 0) is 19.0 Å². The fourth-order valence-electron chi connectivity index (χ4n) is 1.27. The van der Waals surface area contributed by atoms with Crippen molar-refractivity contribution in [1.82, 2.24) is 15.1 Å². The lowest BCUT2D eigenvalue weighted by molar-refractivity contribution is -0.143. The normalized spacial score (nSPS) is 12.1. The molecule has 0 radical (unpaired) electrons. The van der Waals surface area contributed by atoms with Gasteiger partial charge >= 0.3 is 6.18 Å². The van der Waals surface area contributed by atoms with E-state index in [1.54, 1.807) is 0 Å². The summed E-state index contributed by atoms with van der Waals surface area (Å²) in [5.41, 5.74) is -0.297. The maximum Gasteiger partial charge on any atom is 0.433 e. The van der Waals surface area contributed by atoms with Crippen molar-refractivity contribution in [1.29, 1.82) is 0 Å². The summed E-state index contributed by atoms with van der Waals surface area (Å²) in [6.45, 7) is 3.14. The van der Waals surface area contributed by atoms with Gasteiger partial charge < -0.3 is 5.32 Å². The van der Waals surface area contributed by atoms with E-state index in [0.717, 1.165) is 23.7 Å². The summed E-state index contributed by atoms with van der Waals surface area (Å²) in [5, 5.41) is 6.78. The number of aromatic nitrogens is 2. The number of halogens is 3. The third-order valence-electron chi connectivity index (χ3n) is 1.95. The predicted molar refractivity (Wildman–Crippen MR) is 50.2 cm³/mol. The van der Waals surface area contributed by atoms with Gasteiger partial charge in [0.1, 0.15) is 5.69 Å². The summed E-state index contributed by atoms with van der Waals surface area (Å²) in [4.78, 5) is 0.